The van der Waals surface area contributed by atoms with Crippen molar-refractivity contribution in [1.29, 1.82) is 0 Å². The molecule has 0 fully saturated rings. The first kappa shape index (κ1) is 20.5. The maximum atomic E-state index is 11.6. The van der Waals surface area contributed by atoms with Crippen molar-refractivity contribution in [3.05, 3.63) is 60.6 Å². The molecule has 29 heavy (non-hydrogen) atoms. The molecule has 1 heterocycles. The number of benzene rings is 2. The predicted molar refractivity (Wildman–Crippen MR) is 114 cm³/mol. The van der Waals surface area contributed by atoms with Crippen LogP contribution in [0.3, 0.4) is 0 Å². The maximum Gasteiger partial charge on any atom is 0.407 e. The minimum atomic E-state index is -0.378. The van der Waals surface area contributed by atoms with E-state index in [9.17, 15) is 4.79 Å². The van der Waals surface area contributed by atoms with Crippen molar-refractivity contribution >= 4 is 6.09 Å². The summed E-state index contributed by atoms with van der Waals surface area (Å²) in [6.45, 7) is 2.99. The van der Waals surface area contributed by atoms with Crippen LogP contribution in [0.1, 0.15) is 25.6 Å². The van der Waals surface area contributed by atoms with Crippen LogP contribution < -0.4 is 10.1 Å². The molecule has 1 aromatic heterocycles. The fraction of sp³-hybridized carbons (Fsp3) is 0.304. The molecular formula is C23H27N3O3. The molecule has 1 amide bonds. The number of nitrogens with one attached hydrogen (secondary N) is 2. The Hall–Kier alpha value is -3.28. The number of unbranched alkanes of at least 4 members (excludes halogenated alkanes) is 1. The zero-order chi connectivity index (χ0) is 20.5. The van der Waals surface area contributed by atoms with Gasteiger partial charge in [-0.1, -0.05) is 55.8 Å². The van der Waals surface area contributed by atoms with Gasteiger partial charge < -0.3 is 19.8 Å². The fourth-order valence-electron chi connectivity index (χ4n) is 2.99. The Morgan fingerprint density at radius 2 is 1.86 bits per heavy atom. The molecule has 0 aliphatic carbocycles. The number of carbonyl (C=O) groups is 1. The lowest BCUT2D eigenvalue weighted by atomic mass is 10.0. The van der Waals surface area contributed by atoms with Crippen molar-refractivity contribution in [2.24, 2.45) is 0 Å². The van der Waals surface area contributed by atoms with Crippen molar-refractivity contribution < 1.29 is 14.3 Å². The molecule has 6 nitrogen and oxygen atoms in total. The molecule has 2 N–H and O–H groups in total. The lowest BCUT2D eigenvalue weighted by Gasteiger charge is -2.08. The molecular weight excluding hydrogens is 366 g/mol. The minimum Gasteiger partial charge on any atom is -0.496 e. The third kappa shape index (κ3) is 5.60. The largest absolute Gasteiger partial charge is 0.496 e. The smallest absolute Gasteiger partial charge is 0.407 e. The fourth-order valence-corrected chi connectivity index (χ4v) is 2.99. The third-order valence-electron chi connectivity index (χ3n) is 4.60. The number of carbonyl (C=O) groups excluding carboxylic acids is 1. The van der Waals surface area contributed by atoms with Gasteiger partial charge in [-0.15, -0.1) is 0 Å². The van der Waals surface area contributed by atoms with Gasteiger partial charge >= 0.3 is 6.09 Å². The lowest BCUT2D eigenvalue weighted by molar-refractivity contribution is 0.144. The molecule has 0 bridgehead atoms. The summed E-state index contributed by atoms with van der Waals surface area (Å²) >= 11 is 0. The van der Waals surface area contributed by atoms with Crippen LogP contribution in [-0.4, -0.2) is 36.3 Å². The summed E-state index contributed by atoms with van der Waals surface area (Å²) in [4.78, 5) is 19.3. The molecule has 0 unspecified atom stereocenters. The first-order valence-corrected chi connectivity index (χ1v) is 9.89. The van der Waals surface area contributed by atoms with E-state index < -0.39 is 0 Å². The zero-order valence-electron chi connectivity index (χ0n) is 16.9. The molecule has 0 aliphatic rings. The molecule has 0 saturated carbocycles. The van der Waals surface area contributed by atoms with Crippen LogP contribution >= 0.6 is 0 Å². The predicted octanol–water partition coefficient (Wildman–Crippen LogP) is 4.82. The van der Waals surface area contributed by atoms with Gasteiger partial charge in [-0.2, -0.15) is 0 Å². The van der Waals surface area contributed by atoms with Crippen LogP contribution in [0.4, 0.5) is 4.79 Å². The Morgan fingerprint density at radius 1 is 1.10 bits per heavy atom. The van der Waals surface area contributed by atoms with Crippen molar-refractivity contribution in [3.63, 3.8) is 0 Å². The summed E-state index contributed by atoms with van der Waals surface area (Å²) in [5.41, 5.74) is 4.15. The van der Waals surface area contributed by atoms with E-state index in [1.54, 1.807) is 7.11 Å². The second kappa shape index (κ2) is 10.3. The SMILES string of the molecule is CCCCOC(=O)NCCc1ncc(-c2ccc(-c3ccccc3OC)cc2)[nH]1. The molecule has 6 heteroatoms. The van der Waals surface area contributed by atoms with Gasteiger partial charge in [-0.25, -0.2) is 9.78 Å². The monoisotopic (exact) mass is 393 g/mol. The average Bonchev–Trinajstić information content (AvgIpc) is 3.23. The lowest BCUT2D eigenvalue weighted by Crippen LogP contribution is -2.27. The molecule has 0 aliphatic heterocycles. The third-order valence-corrected chi connectivity index (χ3v) is 4.60. The number of imidazole rings is 1. The highest BCUT2D eigenvalue weighted by Gasteiger charge is 2.08. The number of aromatic amines is 1. The van der Waals surface area contributed by atoms with Crippen LogP contribution in [0.15, 0.2) is 54.7 Å². The Morgan fingerprint density at radius 3 is 2.62 bits per heavy atom. The quantitative estimate of drug-likeness (QED) is 0.511. The van der Waals surface area contributed by atoms with Gasteiger partial charge in [0.2, 0.25) is 0 Å². The van der Waals surface area contributed by atoms with E-state index in [4.69, 9.17) is 9.47 Å². The molecule has 0 atom stereocenters. The number of rotatable bonds is 9. The minimum absolute atomic E-state index is 0.378. The molecule has 152 valence electrons. The van der Waals surface area contributed by atoms with Gasteiger partial charge in [-0.3, -0.25) is 0 Å². The number of hydrogen-bond acceptors (Lipinski definition) is 4. The topological polar surface area (TPSA) is 76.2 Å². The molecule has 0 saturated heterocycles. The highest BCUT2D eigenvalue weighted by atomic mass is 16.5. The van der Waals surface area contributed by atoms with Crippen LogP contribution in [0, 0.1) is 0 Å². The molecule has 0 radical (unpaired) electrons. The van der Waals surface area contributed by atoms with Crippen LogP contribution in [-0.2, 0) is 11.2 Å². The molecule has 3 aromatic rings. The number of hydrogen-bond donors (Lipinski definition) is 2. The summed E-state index contributed by atoms with van der Waals surface area (Å²) in [5.74, 6) is 1.67. The number of aromatic nitrogens is 2. The zero-order valence-corrected chi connectivity index (χ0v) is 16.9. The van der Waals surface area contributed by atoms with Crippen LogP contribution in [0.5, 0.6) is 5.75 Å². The first-order valence-electron chi connectivity index (χ1n) is 9.89. The van der Waals surface area contributed by atoms with E-state index in [2.05, 4.69) is 46.5 Å². The van der Waals surface area contributed by atoms with Crippen molar-refractivity contribution in [1.82, 2.24) is 15.3 Å². The number of ether oxygens (including phenoxy) is 2. The molecule has 2 aromatic carbocycles. The number of amides is 1. The van der Waals surface area contributed by atoms with Crippen molar-refractivity contribution in [2.45, 2.75) is 26.2 Å². The Kier molecular flexibility index (Phi) is 7.28. The number of H-pyrrole nitrogens is 1. The van der Waals surface area contributed by atoms with Crippen LogP contribution in [0.25, 0.3) is 22.4 Å². The normalized spacial score (nSPS) is 10.6. The van der Waals surface area contributed by atoms with E-state index in [-0.39, 0.29) is 6.09 Å². The first-order chi connectivity index (χ1) is 14.2. The van der Waals surface area contributed by atoms with E-state index in [0.29, 0.717) is 19.6 Å². The van der Waals surface area contributed by atoms with Gasteiger partial charge in [0.05, 0.1) is 25.6 Å². The Bertz CT molecular complexity index is 919. The van der Waals surface area contributed by atoms with E-state index in [1.807, 2.05) is 30.5 Å². The number of para-hydroxylation sites is 1. The highest BCUT2D eigenvalue weighted by molar-refractivity contribution is 5.73. The summed E-state index contributed by atoms with van der Waals surface area (Å²) < 4.78 is 10.5. The average molecular weight is 393 g/mol. The standard InChI is InChI=1S/C23H27N3O3/c1-3-4-15-29-23(27)24-14-13-22-25-16-20(26-22)18-11-9-17(10-12-18)19-7-5-6-8-21(19)28-2/h5-12,16H,3-4,13-15H2,1-2H3,(H,24,27)(H,25,26). The van der Waals surface area contributed by atoms with E-state index >= 15 is 0 Å². The maximum absolute atomic E-state index is 11.6. The van der Waals surface area contributed by atoms with Gasteiger partial charge in [0.1, 0.15) is 11.6 Å². The molecule has 3 rings (SSSR count). The summed E-state index contributed by atoms with van der Waals surface area (Å²) in [6, 6.07) is 16.2. The van der Waals surface area contributed by atoms with Crippen molar-refractivity contribution in [2.75, 3.05) is 20.3 Å². The van der Waals surface area contributed by atoms with E-state index in [0.717, 1.165) is 46.8 Å². The van der Waals surface area contributed by atoms with Gasteiger partial charge in [-0.05, 0) is 23.6 Å². The molecule has 0 spiro atoms. The Balaban J connectivity index is 1.57. The van der Waals surface area contributed by atoms with Crippen molar-refractivity contribution in [3.8, 4) is 28.1 Å². The summed E-state index contributed by atoms with van der Waals surface area (Å²) in [5, 5.41) is 2.74. The second-order valence-electron chi connectivity index (χ2n) is 6.69. The summed E-state index contributed by atoms with van der Waals surface area (Å²) in [6.07, 6.45) is 3.93. The van der Waals surface area contributed by atoms with Gasteiger partial charge in [0.25, 0.3) is 0 Å². The second-order valence-corrected chi connectivity index (χ2v) is 6.69. The summed E-state index contributed by atoms with van der Waals surface area (Å²) in [7, 11) is 1.68. The Labute approximate surface area is 171 Å². The number of nitrogens with zero attached hydrogens (tertiary/aromatic N) is 1. The highest BCUT2D eigenvalue weighted by Crippen LogP contribution is 2.30. The number of methoxy groups -OCH3 is 1. The van der Waals surface area contributed by atoms with Crippen LogP contribution in [0.2, 0.25) is 0 Å². The van der Waals surface area contributed by atoms with Gasteiger partial charge in [0, 0.05) is 18.5 Å². The number of alkyl carbamates (subject to hydrolysis) is 1. The van der Waals surface area contributed by atoms with E-state index in [1.165, 1.54) is 0 Å². The van der Waals surface area contributed by atoms with Gasteiger partial charge in [0.15, 0.2) is 0 Å².